The maximum Gasteiger partial charge on any atom is 0.358 e. The molecule has 192 valence electrons. The van der Waals surface area contributed by atoms with Gasteiger partial charge in [-0.2, -0.15) is 5.10 Å². The summed E-state index contributed by atoms with van der Waals surface area (Å²) in [5.74, 6) is -0.333. The van der Waals surface area contributed by atoms with Crippen molar-refractivity contribution in [3.8, 4) is 16.9 Å². The highest BCUT2D eigenvalue weighted by Gasteiger charge is 2.34. The fourth-order valence-corrected chi connectivity index (χ4v) is 4.88. The number of hydrogen-bond acceptors (Lipinski definition) is 8. The minimum absolute atomic E-state index is 0.144. The van der Waals surface area contributed by atoms with Gasteiger partial charge in [0.1, 0.15) is 5.75 Å². The number of rotatable bonds is 5. The summed E-state index contributed by atoms with van der Waals surface area (Å²) in [6.45, 7) is 8.12. The van der Waals surface area contributed by atoms with E-state index in [1.807, 2.05) is 45.9 Å². The molecule has 4 aromatic rings. The first-order valence-electron chi connectivity index (χ1n) is 12.0. The number of benzene rings is 1. The van der Waals surface area contributed by atoms with E-state index in [-0.39, 0.29) is 5.69 Å². The number of aromatic nitrogens is 3. The van der Waals surface area contributed by atoms with E-state index in [1.54, 1.807) is 23.0 Å². The molecule has 0 unspecified atom stereocenters. The predicted molar refractivity (Wildman–Crippen MR) is 137 cm³/mol. The Balaban J connectivity index is 1.91. The number of aryl methyl sites for hydroxylation is 1. The number of pyridine rings is 2. The average molecular weight is 504 g/mol. The smallest absolute Gasteiger partial charge is 0.358 e. The van der Waals surface area contributed by atoms with Crippen LogP contribution in [0, 0.1) is 6.92 Å². The van der Waals surface area contributed by atoms with Crippen molar-refractivity contribution in [2.24, 2.45) is 0 Å². The topological polar surface area (TPSA) is 101 Å². The summed E-state index contributed by atoms with van der Waals surface area (Å²) in [6, 6.07) is 7.49. The van der Waals surface area contributed by atoms with Gasteiger partial charge < -0.3 is 18.9 Å². The standard InChI is InChI=1S/C28H29N3O6/c1-15-14-31-19(13-18(30-31)26(32)34-5)23(21(15)25(27(33)35-6)37-28(2,3)4)17-7-8-20-22-16(10-12-36-20)9-11-29-24(17)22/h7-9,11,13-14,25H,10,12H2,1-6H3/t25-/m0/s1. The summed E-state index contributed by atoms with van der Waals surface area (Å²) in [5, 5.41) is 5.38. The van der Waals surface area contributed by atoms with E-state index in [0.717, 1.165) is 39.8 Å². The highest BCUT2D eigenvalue weighted by atomic mass is 16.6. The average Bonchev–Trinajstić information content (AvgIpc) is 3.29. The molecule has 0 radical (unpaired) electrons. The SMILES string of the molecule is COC(=O)c1cc2c(-c3ccc4c5c(ccnc35)CCO4)c([C@H](OC(C)(C)C)C(=O)OC)c(C)cn2n1. The van der Waals surface area contributed by atoms with Crippen LogP contribution in [-0.4, -0.2) is 53.0 Å². The molecular weight excluding hydrogens is 474 g/mol. The summed E-state index contributed by atoms with van der Waals surface area (Å²) in [4.78, 5) is 30.3. The molecule has 0 saturated carbocycles. The highest BCUT2D eigenvalue weighted by Crippen LogP contribution is 2.44. The van der Waals surface area contributed by atoms with Crippen molar-refractivity contribution in [3.63, 3.8) is 0 Å². The van der Waals surface area contributed by atoms with E-state index in [4.69, 9.17) is 23.9 Å². The van der Waals surface area contributed by atoms with Gasteiger partial charge in [0.25, 0.3) is 0 Å². The third kappa shape index (κ3) is 4.29. The lowest BCUT2D eigenvalue weighted by Gasteiger charge is -2.29. The van der Waals surface area contributed by atoms with Crippen LogP contribution in [0.1, 0.15) is 54.1 Å². The van der Waals surface area contributed by atoms with Crippen LogP contribution in [0.5, 0.6) is 5.75 Å². The van der Waals surface area contributed by atoms with Crippen LogP contribution in [0.4, 0.5) is 0 Å². The first-order valence-corrected chi connectivity index (χ1v) is 12.0. The Hall–Kier alpha value is -3.98. The first kappa shape index (κ1) is 24.7. The lowest BCUT2D eigenvalue weighted by atomic mass is 9.89. The first-order chi connectivity index (χ1) is 17.6. The molecule has 3 aromatic heterocycles. The molecule has 0 spiro atoms. The lowest BCUT2D eigenvalue weighted by molar-refractivity contribution is -0.164. The molecule has 9 nitrogen and oxygen atoms in total. The number of nitrogens with zero attached hydrogens (tertiary/aromatic N) is 3. The molecule has 0 bridgehead atoms. The van der Waals surface area contributed by atoms with Crippen molar-refractivity contribution in [3.05, 3.63) is 59.0 Å². The second-order valence-corrected chi connectivity index (χ2v) is 9.99. The van der Waals surface area contributed by atoms with Crippen molar-refractivity contribution in [1.82, 2.24) is 14.6 Å². The second-order valence-electron chi connectivity index (χ2n) is 9.99. The van der Waals surface area contributed by atoms with Gasteiger partial charge in [-0.1, -0.05) is 0 Å². The molecule has 1 aromatic carbocycles. The van der Waals surface area contributed by atoms with Gasteiger partial charge in [-0.3, -0.25) is 4.98 Å². The van der Waals surface area contributed by atoms with E-state index >= 15 is 0 Å². The van der Waals surface area contributed by atoms with Crippen LogP contribution in [0.25, 0.3) is 27.5 Å². The van der Waals surface area contributed by atoms with E-state index < -0.39 is 23.6 Å². The molecule has 0 saturated heterocycles. The highest BCUT2D eigenvalue weighted by molar-refractivity contribution is 6.05. The quantitative estimate of drug-likeness (QED) is 0.364. The van der Waals surface area contributed by atoms with Crippen LogP contribution in [0.15, 0.2) is 36.7 Å². The summed E-state index contributed by atoms with van der Waals surface area (Å²) < 4.78 is 24.0. The van der Waals surface area contributed by atoms with E-state index in [2.05, 4.69) is 5.10 Å². The zero-order valence-electron chi connectivity index (χ0n) is 21.7. The number of carbonyl (C=O) groups is 2. The molecule has 0 fully saturated rings. The third-order valence-electron chi connectivity index (χ3n) is 6.38. The van der Waals surface area contributed by atoms with E-state index in [0.29, 0.717) is 23.3 Å². The summed E-state index contributed by atoms with van der Waals surface area (Å²) in [6.07, 6.45) is 3.28. The molecule has 0 N–H and O–H groups in total. The number of methoxy groups -OCH3 is 2. The van der Waals surface area contributed by atoms with Gasteiger partial charge in [-0.05, 0) is 63.1 Å². The van der Waals surface area contributed by atoms with Crippen LogP contribution in [-0.2, 0) is 25.4 Å². The number of ether oxygens (including phenoxy) is 4. The van der Waals surface area contributed by atoms with Gasteiger partial charge >= 0.3 is 11.9 Å². The van der Waals surface area contributed by atoms with Crippen molar-refractivity contribution >= 4 is 28.4 Å². The Kier molecular flexibility index (Phi) is 6.11. The van der Waals surface area contributed by atoms with Crippen LogP contribution < -0.4 is 4.74 Å². The molecule has 4 heterocycles. The van der Waals surface area contributed by atoms with Crippen molar-refractivity contribution < 1.29 is 28.5 Å². The largest absolute Gasteiger partial charge is 0.493 e. The predicted octanol–water partition coefficient (Wildman–Crippen LogP) is 4.61. The van der Waals surface area contributed by atoms with Crippen LogP contribution >= 0.6 is 0 Å². The Morgan fingerprint density at radius 3 is 2.62 bits per heavy atom. The minimum atomic E-state index is -1.04. The lowest BCUT2D eigenvalue weighted by Crippen LogP contribution is -2.29. The molecule has 0 amide bonds. The van der Waals surface area contributed by atoms with Gasteiger partial charge in [-0.25, -0.2) is 14.1 Å². The van der Waals surface area contributed by atoms with Gasteiger partial charge in [0, 0.05) is 40.9 Å². The summed E-state index contributed by atoms with van der Waals surface area (Å²) in [7, 11) is 2.65. The van der Waals surface area contributed by atoms with E-state index in [9.17, 15) is 9.59 Å². The zero-order chi connectivity index (χ0) is 26.5. The van der Waals surface area contributed by atoms with Gasteiger partial charge in [-0.15, -0.1) is 0 Å². The Morgan fingerprint density at radius 2 is 1.92 bits per heavy atom. The van der Waals surface area contributed by atoms with Crippen molar-refractivity contribution in [2.75, 3.05) is 20.8 Å². The number of fused-ring (bicyclic) bond motifs is 1. The molecule has 5 rings (SSSR count). The molecular formula is C28H29N3O6. The van der Waals surface area contributed by atoms with Gasteiger partial charge in [0.15, 0.2) is 11.8 Å². The maximum atomic E-state index is 13.2. The van der Waals surface area contributed by atoms with Crippen LogP contribution in [0.3, 0.4) is 0 Å². The Labute approximate surface area is 214 Å². The maximum absolute atomic E-state index is 13.2. The van der Waals surface area contributed by atoms with E-state index in [1.165, 1.54) is 14.2 Å². The van der Waals surface area contributed by atoms with Crippen molar-refractivity contribution in [2.45, 2.75) is 45.8 Å². The number of esters is 2. The summed E-state index contributed by atoms with van der Waals surface area (Å²) >= 11 is 0. The third-order valence-corrected chi connectivity index (χ3v) is 6.38. The molecule has 9 heteroatoms. The fourth-order valence-electron chi connectivity index (χ4n) is 4.88. The Morgan fingerprint density at radius 1 is 1.14 bits per heavy atom. The molecule has 1 atom stereocenters. The second kappa shape index (κ2) is 9.15. The number of hydrogen-bond donors (Lipinski definition) is 0. The monoisotopic (exact) mass is 503 g/mol. The normalized spacial score (nSPS) is 13.9. The molecule has 37 heavy (non-hydrogen) atoms. The minimum Gasteiger partial charge on any atom is -0.493 e. The zero-order valence-corrected chi connectivity index (χ0v) is 21.7. The number of carbonyl (C=O) groups excluding carboxylic acids is 2. The fraction of sp³-hybridized carbons (Fsp3) is 0.357. The molecule has 1 aliphatic rings. The molecule has 0 aliphatic carbocycles. The summed E-state index contributed by atoms with van der Waals surface area (Å²) in [5.41, 5.74) is 4.74. The van der Waals surface area contributed by atoms with Gasteiger partial charge in [0.2, 0.25) is 0 Å². The van der Waals surface area contributed by atoms with Crippen LogP contribution in [0.2, 0.25) is 0 Å². The molecule has 1 aliphatic heterocycles. The van der Waals surface area contributed by atoms with Crippen molar-refractivity contribution in [1.29, 1.82) is 0 Å². The Bertz CT molecular complexity index is 1540. The van der Waals surface area contributed by atoms with Gasteiger partial charge in [0.05, 0.1) is 37.5 Å².